The zero-order valence-electron chi connectivity index (χ0n) is 12.8. The Morgan fingerprint density at radius 3 is 2.61 bits per heavy atom. The van der Waals surface area contributed by atoms with Gasteiger partial charge in [0.05, 0.1) is 13.0 Å². The molecule has 126 valence electrons. The number of hydrogen-bond donors (Lipinski definition) is 2. The molecule has 0 aliphatic carbocycles. The maximum absolute atomic E-state index is 12.8. The first-order valence-electron chi connectivity index (χ1n) is 6.94. The van der Waals surface area contributed by atoms with Crippen molar-refractivity contribution in [3.63, 3.8) is 0 Å². The van der Waals surface area contributed by atoms with Crippen molar-refractivity contribution in [2.45, 2.75) is 18.2 Å². The first kappa shape index (κ1) is 17.2. The van der Waals surface area contributed by atoms with Crippen LogP contribution in [-0.4, -0.2) is 49.9 Å². The molecule has 2 N–H and O–H groups in total. The highest BCUT2D eigenvalue weighted by molar-refractivity contribution is 7.89. The van der Waals surface area contributed by atoms with E-state index in [1.54, 1.807) is 0 Å². The van der Waals surface area contributed by atoms with Crippen molar-refractivity contribution in [1.29, 1.82) is 0 Å². The highest BCUT2D eigenvalue weighted by Crippen LogP contribution is 2.32. The Balaban J connectivity index is 2.38. The van der Waals surface area contributed by atoms with Gasteiger partial charge in [0.15, 0.2) is 0 Å². The molecular weight excluding hydrogens is 324 g/mol. The predicted molar refractivity (Wildman–Crippen MR) is 81.8 cm³/mol. The van der Waals surface area contributed by atoms with Crippen LogP contribution < -0.4 is 10.1 Å². The number of ether oxygens (including phenoxy) is 1. The summed E-state index contributed by atoms with van der Waals surface area (Å²) >= 11 is 0. The van der Waals surface area contributed by atoms with Crippen LogP contribution >= 0.6 is 0 Å². The second kappa shape index (κ2) is 6.55. The van der Waals surface area contributed by atoms with E-state index in [1.807, 2.05) is 0 Å². The van der Waals surface area contributed by atoms with E-state index < -0.39 is 21.9 Å². The van der Waals surface area contributed by atoms with Gasteiger partial charge < -0.3 is 15.2 Å². The summed E-state index contributed by atoms with van der Waals surface area (Å²) < 4.78 is 31.7. The summed E-state index contributed by atoms with van der Waals surface area (Å²) in [4.78, 5) is 22.1. The average molecular weight is 342 g/mol. The van der Waals surface area contributed by atoms with Crippen molar-refractivity contribution in [2.75, 3.05) is 25.5 Å². The van der Waals surface area contributed by atoms with Crippen molar-refractivity contribution >= 4 is 27.6 Å². The third-order valence-electron chi connectivity index (χ3n) is 3.60. The number of nitrogens with zero attached hydrogens (tertiary/aromatic N) is 1. The van der Waals surface area contributed by atoms with Crippen LogP contribution in [0.2, 0.25) is 0 Å². The lowest BCUT2D eigenvalue weighted by Crippen LogP contribution is -2.30. The molecule has 1 heterocycles. The standard InChI is InChI=1S/C14H18N2O6S/c1-9(17)15-11-3-4-12(22-2)13(7-11)23(20,21)16-6-5-10(8-16)14(18)19/h3-4,7,10H,5-6,8H2,1-2H3,(H,15,17)(H,18,19). The van der Waals surface area contributed by atoms with E-state index in [4.69, 9.17) is 9.84 Å². The highest BCUT2D eigenvalue weighted by atomic mass is 32.2. The Morgan fingerprint density at radius 2 is 2.09 bits per heavy atom. The molecule has 8 nitrogen and oxygen atoms in total. The molecule has 1 aliphatic rings. The molecule has 1 unspecified atom stereocenters. The molecule has 1 atom stereocenters. The molecule has 9 heteroatoms. The predicted octanol–water partition coefficient (Wildman–Crippen LogP) is 0.749. The van der Waals surface area contributed by atoms with Gasteiger partial charge in [-0.25, -0.2) is 8.42 Å². The molecule has 1 fully saturated rings. The maximum Gasteiger partial charge on any atom is 0.307 e. The van der Waals surface area contributed by atoms with Gasteiger partial charge in [-0.1, -0.05) is 0 Å². The second-order valence-corrected chi connectivity index (χ2v) is 7.14. The number of amides is 1. The van der Waals surface area contributed by atoms with Gasteiger partial charge in [-0.2, -0.15) is 4.31 Å². The minimum Gasteiger partial charge on any atom is -0.495 e. The maximum atomic E-state index is 12.8. The molecule has 1 aliphatic heterocycles. The number of carbonyl (C=O) groups excluding carboxylic acids is 1. The Bertz CT molecular complexity index is 731. The molecule has 1 aromatic rings. The fourth-order valence-electron chi connectivity index (χ4n) is 2.45. The number of carboxylic acids is 1. The smallest absolute Gasteiger partial charge is 0.307 e. The molecule has 23 heavy (non-hydrogen) atoms. The van der Waals surface area contributed by atoms with Gasteiger partial charge in [-0.05, 0) is 24.6 Å². The number of nitrogens with one attached hydrogen (secondary N) is 1. The third kappa shape index (κ3) is 3.62. The van der Waals surface area contributed by atoms with E-state index in [2.05, 4.69) is 5.32 Å². The number of sulfonamides is 1. The van der Waals surface area contributed by atoms with Crippen LogP contribution in [0.3, 0.4) is 0 Å². The fourth-order valence-corrected chi connectivity index (χ4v) is 4.13. The zero-order valence-corrected chi connectivity index (χ0v) is 13.6. The third-order valence-corrected chi connectivity index (χ3v) is 5.49. The van der Waals surface area contributed by atoms with Gasteiger partial charge in [0.2, 0.25) is 15.9 Å². The quantitative estimate of drug-likeness (QED) is 0.816. The fraction of sp³-hybridized carbons (Fsp3) is 0.429. The first-order chi connectivity index (χ1) is 10.8. The lowest BCUT2D eigenvalue weighted by molar-refractivity contribution is -0.141. The molecule has 1 aromatic carbocycles. The molecule has 0 bridgehead atoms. The van der Waals surface area contributed by atoms with Crippen molar-refractivity contribution < 1.29 is 27.9 Å². The molecule has 1 amide bonds. The van der Waals surface area contributed by atoms with Gasteiger partial charge >= 0.3 is 5.97 Å². The van der Waals surface area contributed by atoms with E-state index in [0.717, 1.165) is 4.31 Å². The van der Waals surface area contributed by atoms with Gasteiger partial charge in [0.1, 0.15) is 10.6 Å². The number of anilines is 1. The Labute approximate surface area is 134 Å². The average Bonchev–Trinajstić information content (AvgIpc) is 2.97. The van der Waals surface area contributed by atoms with Crippen LogP contribution in [0.5, 0.6) is 5.75 Å². The summed E-state index contributed by atoms with van der Waals surface area (Å²) in [5.41, 5.74) is 0.325. The minimum atomic E-state index is -3.91. The Morgan fingerprint density at radius 1 is 1.39 bits per heavy atom. The lowest BCUT2D eigenvalue weighted by atomic mass is 10.1. The van der Waals surface area contributed by atoms with Crippen LogP contribution in [-0.2, 0) is 19.6 Å². The number of carboxylic acid groups (broad SMARTS) is 1. The number of methoxy groups -OCH3 is 1. The van der Waals surface area contributed by atoms with Crippen LogP contribution in [0.4, 0.5) is 5.69 Å². The summed E-state index contributed by atoms with van der Waals surface area (Å²) in [6.45, 7) is 1.37. The normalized spacial score (nSPS) is 18.6. The summed E-state index contributed by atoms with van der Waals surface area (Å²) in [6, 6.07) is 4.29. The lowest BCUT2D eigenvalue weighted by Gasteiger charge is -2.18. The van der Waals surface area contributed by atoms with E-state index in [-0.39, 0.29) is 36.1 Å². The van der Waals surface area contributed by atoms with Crippen molar-refractivity contribution in [2.24, 2.45) is 5.92 Å². The molecular formula is C14H18N2O6S. The summed E-state index contributed by atoms with van der Waals surface area (Å²) in [6.07, 6.45) is 0.266. The zero-order chi connectivity index (χ0) is 17.2. The van der Waals surface area contributed by atoms with Crippen molar-refractivity contribution in [3.8, 4) is 5.75 Å². The number of benzene rings is 1. The van der Waals surface area contributed by atoms with Crippen LogP contribution in [0, 0.1) is 5.92 Å². The number of hydrogen-bond acceptors (Lipinski definition) is 5. The van der Waals surface area contributed by atoms with Crippen LogP contribution in [0.1, 0.15) is 13.3 Å². The van der Waals surface area contributed by atoms with Gasteiger partial charge in [-0.15, -0.1) is 0 Å². The summed E-state index contributed by atoms with van der Waals surface area (Å²) in [5.74, 6) is -1.92. The van der Waals surface area contributed by atoms with E-state index >= 15 is 0 Å². The largest absolute Gasteiger partial charge is 0.495 e. The highest BCUT2D eigenvalue weighted by Gasteiger charge is 2.37. The van der Waals surface area contributed by atoms with Crippen LogP contribution in [0.25, 0.3) is 0 Å². The molecule has 2 rings (SSSR count). The molecule has 0 radical (unpaired) electrons. The molecule has 0 aromatic heterocycles. The SMILES string of the molecule is COc1ccc(NC(C)=O)cc1S(=O)(=O)N1CCC(C(=O)O)C1. The Hall–Kier alpha value is -2.13. The Kier molecular flexibility index (Phi) is 4.90. The monoisotopic (exact) mass is 342 g/mol. The van der Waals surface area contributed by atoms with Crippen LogP contribution in [0.15, 0.2) is 23.1 Å². The number of aliphatic carboxylic acids is 1. The number of rotatable bonds is 5. The van der Waals surface area contributed by atoms with E-state index in [0.29, 0.717) is 5.69 Å². The first-order valence-corrected chi connectivity index (χ1v) is 8.38. The van der Waals surface area contributed by atoms with E-state index in [9.17, 15) is 18.0 Å². The van der Waals surface area contributed by atoms with Gasteiger partial charge in [0, 0.05) is 25.7 Å². The van der Waals surface area contributed by atoms with Crippen molar-refractivity contribution in [3.05, 3.63) is 18.2 Å². The summed E-state index contributed by atoms with van der Waals surface area (Å²) in [5, 5.41) is 11.5. The molecule has 0 spiro atoms. The van der Waals surface area contributed by atoms with Crippen molar-refractivity contribution in [1.82, 2.24) is 4.31 Å². The minimum absolute atomic E-state index is 0.0782. The molecule has 0 saturated carbocycles. The number of carbonyl (C=O) groups is 2. The van der Waals surface area contributed by atoms with Gasteiger partial charge in [-0.3, -0.25) is 9.59 Å². The van der Waals surface area contributed by atoms with Gasteiger partial charge in [0.25, 0.3) is 0 Å². The van der Waals surface area contributed by atoms with E-state index in [1.165, 1.54) is 32.2 Å². The topological polar surface area (TPSA) is 113 Å². The summed E-state index contributed by atoms with van der Waals surface area (Å²) in [7, 11) is -2.57. The molecule has 1 saturated heterocycles. The second-order valence-electron chi connectivity index (χ2n) is 5.23.